The number of amides is 1. The highest BCUT2D eigenvalue weighted by molar-refractivity contribution is 5.96. The lowest BCUT2D eigenvalue weighted by Crippen LogP contribution is -2.25. The number of rotatable bonds is 5. The average molecular weight is 294 g/mol. The van der Waals surface area contributed by atoms with Crippen LogP contribution in [-0.2, 0) is 17.9 Å². The Hall–Kier alpha value is -2.49. The van der Waals surface area contributed by atoms with E-state index in [4.69, 9.17) is 0 Å². The zero-order chi connectivity index (χ0) is 15.4. The molecule has 0 saturated carbocycles. The Morgan fingerprint density at radius 2 is 1.82 bits per heavy atom. The highest BCUT2D eigenvalue weighted by atomic mass is 16.2. The quantitative estimate of drug-likeness (QED) is 0.797. The van der Waals surface area contributed by atoms with Crippen LogP contribution in [-0.4, -0.2) is 21.6 Å². The lowest BCUT2D eigenvalue weighted by Gasteiger charge is -2.14. The minimum absolute atomic E-state index is 0.0962. The SMILES string of the molecule is O=C(CCCC(=O)N1Cc2cccnc2C1)c1ccccc1. The summed E-state index contributed by atoms with van der Waals surface area (Å²) in [5, 5.41) is 0. The van der Waals surface area contributed by atoms with Gasteiger partial charge in [0.05, 0.1) is 12.2 Å². The number of Topliss-reactive ketones (excluding diaryl/α,β-unsaturated/α-hetero) is 1. The third-order valence-electron chi connectivity index (χ3n) is 3.93. The summed E-state index contributed by atoms with van der Waals surface area (Å²) < 4.78 is 0. The Kier molecular flexibility index (Phi) is 4.28. The summed E-state index contributed by atoms with van der Waals surface area (Å²) in [5.41, 5.74) is 2.82. The van der Waals surface area contributed by atoms with Gasteiger partial charge in [-0.15, -0.1) is 0 Å². The lowest BCUT2D eigenvalue weighted by atomic mass is 10.1. The van der Waals surface area contributed by atoms with E-state index in [0.717, 1.165) is 11.3 Å². The summed E-state index contributed by atoms with van der Waals surface area (Å²) in [4.78, 5) is 30.3. The average Bonchev–Trinajstić information content (AvgIpc) is 2.99. The van der Waals surface area contributed by atoms with Crippen LogP contribution in [0.2, 0.25) is 0 Å². The summed E-state index contributed by atoms with van der Waals surface area (Å²) in [6.07, 6.45) is 3.17. The van der Waals surface area contributed by atoms with Gasteiger partial charge in [0.15, 0.2) is 5.78 Å². The van der Waals surface area contributed by atoms with Gasteiger partial charge in [-0.25, -0.2) is 0 Å². The summed E-state index contributed by atoms with van der Waals surface area (Å²) in [6, 6.07) is 13.1. The van der Waals surface area contributed by atoms with Crippen molar-refractivity contribution in [1.82, 2.24) is 9.88 Å². The number of nitrogens with zero attached hydrogens (tertiary/aromatic N) is 2. The molecule has 0 fully saturated rings. The first kappa shape index (κ1) is 14.4. The fraction of sp³-hybridized carbons (Fsp3) is 0.278. The zero-order valence-corrected chi connectivity index (χ0v) is 12.4. The van der Waals surface area contributed by atoms with Crippen LogP contribution < -0.4 is 0 Å². The number of carbonyl (C=O) groups excluding carboxylic acids is 2. The molecule has 1 amide bonds. The molecule has 4 nitrogen and oxygen atoms in total. The Morgan fingerprint density at radius 1 is 1.00 bits per heavy atom. The first-order valence-corrected chi connectivity index (χ1v) is 7.53. The van der Waals surface area contributed by atoms with Crippen molar-refractivity contribution in [3.05, 3.63) is 65.5 Å². The molecule has 0 N–H and O–H groups in total. The van der Waals surface area contributed by atoms with E-state index in [1.54, 1.807) is 6.20 Å². The van der Waals surface area contributed by atoms with Gasteiger partial charge in [-0.05, 0) is 18.1 Å². The van der Waals surface area contributed by atoms with Gasteiger partial charge in [0, 0.05) is 31.1 Å². The standard InChI is InChI=1S/C18H18N2O2/c21-17(14-6-2-1-3-7-14)9-4-10-18(22)20-12-15-8-5-11-19-16(15)13-20/h1-3,5-8,11H,4,9-10,12-13H2. The molecule has 22 heavy (non-hydrogen) atoms. The van der Waals surface area contributed by atoms with E-state index in [0.29, 0.717) is 37.9 Å². The Balaban J connectivity index is 1.47. The number of pyridine rings is 1. The largest absolute Gasteiger partial charge is 0.332 e. The summed E-state index contributed by atoms with van der Waals surface area (Å²) in [6.45, 7) is 1.22. The van der Waals surface area contributed by atoms with Crippen LogP contribution >= 0.6 is 0 Å². The molecular weight excluding hydrogens is 276 g/mol. The molecule has 1 aliphatic heterocycles. The number of carbonyl (C=O) groups is 2. The predicted molar refractivity (Wildman–Crippen MR) is 83.1 cm³/mol. The van der Waals surface area contributed by atoms with Gasteiger partial charge in [-0.1, -0.05) is 36.4 Å². The number of aromatic nitrogens is 1. The molecule has 0 atom stereocenters. The highest BCUT2D eigenvalue weighted by Gasteiger charge is 2.23. The van der Waals surface area contributed by atoms with Crippen LogP contribution in [0.15, 0.2) is 48.7 Å². The second-order valence-electron chi connectivity index (χ2n) is 5.50. The van der Waals surface area contributed by atoms with Crippen molar-refractivity contribution in [1.29, 1.82) is 0 Å². The van der Waals surface area contributed by atoms with Crippen molar-refractivity contribution in [2.24, 2.45) is 0 Å². The molecule has 1 aromatic carbocycles. The molecule has 1 aromatic heterocycles. The van der Waals surface area contributed by atoms with Gasteiger partial charge in [0.25, 0.3) is 0 Å². The summed E-state index contributed by atoms with van der Waals surface area (Å²) in [5.74, 6) is 0.193. The molecular formula is C18H18N2O2. The van der Waals surface area contributed by atoms with E-state index in [-0.39, 0.29) is 11.7 Å². The first-order valence-electron chi connectivity index (χ1n) is 7.53. The van der Waals surface area contributed by atoms with Gasteiger partial charge in [0.1, 0.15) is 0 Å². The number of benzene rings is 1. The molecule has 2 aromatic rings. The minimum atomic E-state index is 0.0962. The van der Waals surface area contributed by atoms with E-state index in [1.807, 2.05) is 47.4 Å². The van der Waals surface area contributed by atoms with Crippen LogP contribution in [0.3, 0.4) is 0 Å². The molecule has 1 aliphatic rings. The predicted octanol–water partition coefficient (Wildman–Crippen LogP) is 2.98. The molecule has 0 unspecified atom stereocenters. The van der Waals surface area contributed by atoms with Crippen LogP contribution in [0.1, 0.15) is 40.9 Å². The maximum atomic E-state index is 12.2. The first-order chi connectivity index (χ1) is 10.7. The van der Waals surface area contributed by atoms with Crippen molar-refractivity contribution < 1.29 is 9.59 Å². The van der Waals surface area contributed by atoms with E-state index in [9.17, 15) is 9.59 Å². The van der Waals surface area contributed by atoms with Gasteiger partial charge in [-0.3, -0.25) is 14.6 Å². The van der Waals surface area contributed by atoms with Crippen LogP contribution in [0.4, 0.5) is 0 Å². The second kappa shape index (κ2) is 6.52. The molecule has 0 spiro atoms. The fourth-order valence-corrected chi connectivity index (χ4v) is 2.70. The third kappa shape index (κ3) is 3.22. The fourth-order valence-electron chi connectivity index (χ4n) is 2.70. The van der Waals surface area contributed by atoms with Crippen molar-refractivity contribution >= 4 is 11.7 Å². The molecule has 0 radical (unpaired) electrons. The molecule has 0 saturated heterocycles. The van der Waals surface area contributed by atoms with Gasteiger partial charge < -0.3 is 4.90 Å². The van der Waals surface area contributed by atoms with Crippen molar-refractivity contribution in [2.45, 2.75) is 32.4 Å². The highest BCUT2D eigenvalue weighted by Crippen LogP contribution is 2.21. The topological polar surface area (TPSA) is 50.3 Å². The van der Waals surface area contributed by atoms with Gasteiger partial charge in [0.2, 0.25) is 5.91 Å². The maximum absolute atomic E-state index is 12.2. The summed E-state index contributed by atoms with van der Waals surface area (Å²) in [7, 11) is 0. The molecule has 112 valence electrons. The molecule has 0 aliphatic carbocycles. The van der Waals surface area contributed by atoms with Crippen molar-refractivity contribution in [3.8, 4) is 0 Å². The Labute approximate surface area is 129 Å². The number of fused-ring (bicyclic) bond motifs is 1. The molecule has 0 bridgehead atoms. The van der Waals surface area contributed by atoms with Crippen molar-refractivity contribution in [3.63, 3.8) is 0 Å². The van der Waals surface area contributed by atoms with Crippen LogP contribution in [0.25, 0.3) is 0 Å². The Bertz CT molecular complexity index is 657. The van der Waals surface area contributed by atoms with E-state index < -0.39 is 0 Å². The second-order valence-corrected chi connectivity index (χ2v) is 5.50. The molecule has 4 heteroatoms. The minimum Gasteiger partial charge on any atom is -0.332 e. The number of ketones is 1. The van der Waals surface area contributed by atoms with Crippen LogP contribution in [0, 0.1) is 0 Å². The smallest absolute Gasteiger partial charge is 0.223 e. The van der Waals surface area contributed by atoms with Crippen LogP contribution in [0.5, 0.6) is 0 Å². The Morgan fingerprint density at radius 3 is 2.59 bits per heavy atom. The van der Waals surface area contributed by atoms with Crippen molar-refractivity contribution in [2.75, 3.05) is 0 Å². The summed E-state index contributed by atoms with van der Waals surface area (Å²) >= 11 is 0. The number of hydrogen-bond acceptors (Lipinski definition) is 3. The molecule has 3 rings (SSSR count). The van der Waals surface area contributed by atoms with E-state index in [2.05, 4.69) is 4.98 Å². The normalized spacial score (nSPS) is 13.0. The van der Waals surface area contributed by atoms with Gasteiger partial charge >= 0.3 is 0 Å². The van der Waals surface area contributed by atoms with E-state index >= 15 is 0 Å². The number of hydrogen-bond donors (Lipinski definition) is 0. The van der Waals surface area contributed by atoms with Gasteiger partial charge in [-0.2, -0.15) is 0 Å². The third-order valence-corrected chi connectivity index (χ3v) is 3.93. The van der Waals surface area contributed by atoms with E-state index in [1.165, 1.54) is 0 Å². The zero-order valence-electron chi connectivity index (χ0n) is 12.4. The lowest BCUT2D eigenvalue weighted by molar-refractivity contribution is -0.131. The maximum Gasteiger partial charge on any atom is 0.223 e. The monoisotopic (exact) mass is 294 g/mol. The molecule has 2 heterocycles.